The molecule has 8 heteroatoms. The van der Waals surface area contributed by atoms with Gasteiger partial charge in [0.15, 0.2) is 11.4 Å². The van der Waals surface area contributed by atoms with Crippen molar-refractivity contribution < 1.29 is 18.5 Å². The average Bonchev–Trinajstić information content (AvgIpc) is 3.39. The van der Waals surface area contributed by atoms with Crippen LogP contribution >= 0.6 is 0 Å². The lowest BCUT2D eigenvalue weighted by atomic mass is 9.85. The van der Waals surface area contributed by atoms with Crippen molar-refractivity contribution in [1.29, 1.82) is 0 Å². The molecule has 0 bridgehead atoms. The molecule has 30 heavy (non-hydrogen) atoms. The molecule has 8 nitrogen and oxygen atoms in total. The van der Waals surface area contributed by atoms with Gasteiger partial charge in [-0.15, -0.1) is 0 Å². The Labute approximate surface area is 172 Å². The summed E-state index contributed by atoms with van der Waals surface area (Å²) in [5.41, 5.74) is 8.30. The fraction of sp³-hybridized carbons (Fsp3) is 0.273. The zero-order valence-corrected chi connectivity index (χ0v) is 16.6. The number of Topliss-reactive ketones (excluding diaryl/α,β-unsaturated/α-hetero) is 1. The smallest absolute Gasteiger partial charge is 0.292 e. The number of nitrogens with zero attached hydrogens (tertiary/aromatic N) is 3. The molecular weight excluding hydrogens is 384 g/mol. The van der Waals surface area contributed by atoms with Gasteiger partial charge in [0.25, 0.3) is 11.9 Å². The van der Waals surface area contributed by atoms with Crippen LogP contribution in [0.25, 0.3) is 33.9 Å². The molecule has 0 amide bonds. The van der Waals surface area contributed by atoms with Crippen LogP contribution in [0.2, 0.25) is 0 Å². The Morgan fingerprint density at radius 2 is 1.87 bits per heavy atom. The van der Waals surface area contributed by atoms with E-state index in [1.54, 1.807) is 30.3 Å². The first-order chi connectivity index (χ1) is 14.5. The second kappa shape index (κ2) is 6.69. The molecule has 152 valence electrons. The third-order valence-corrected chi connectivity index (χ3v) is 5.71. The van der Waals surface area contributed by atoms with Crippen LogP contribution in [-0.4, -0.2) is 26.5 Å². The molecule has 5 rings (SSSR count). The number of ether oxygens (including phenoxy) is 1. The van der Waals surface area contributed by atoms with E-state index in [0.717, 1.165) is 18.4 Å². The predicted octanol–water partition coefficient (Wildman–Crippen LogP) is 4.65. The molecule has 4 aromatic rings. The Hall–Kier alpha value is -3.68. The molecule has 3 heterocycles. The summed E-state index contributed by atoms with van der Waals surface area (Å²) in [6.45, 7) is 4.09. The first-order valence-electron chi connectivity index (χ1n) is 9.87. The maximum absolute atomic E-state index is 12.8. The standard InChI is InChI=1S/C22H20N4O4/c1-3-22(4-2)11-16(27)14-9-13(6-7-17(14)29-22)20-25-19(26-30-20)12-5-8-18-15(10-12)24-21(23)28-18/h5-10H,3-4,11H2,1-2H3,(H2,23,24). The van der Waals surface area contributed by atoms with Crippen LogP contribution < -0.4 is 10.5 Å². The van der Waals surface area contributed by atoms with Gasteiger partial charge in [-0.25, -0.2) is 0 Å². The van der Waals surface area contributed by atoms with E-state index in [4.69, 9.17) is 19.4 Å². The molecule has 0 saturated heterocycles. The quantitative estimate of drug-likeness (QED) is 0.522. The van der Waals surface area contributed by atoms with Crippen molar-refractivity contribution in [3.05, 3.63) is 42.0 Å². The van der Waals surface area contributed by atoms with E-state index in [2.05, 4.69) is 15.1 Å². The summed E-state index contributed by atoms with van der Waals surface area (Å²) >= 11 is 0. The Balaban J connectivity index is 1.48. The number of nitrogens with two attached hydrogens (primary N) is 1. The zero-order chi connectivity index (χ0) is 20.9. The van der Waals surface area contributed by atoms with Crippen molar-refractivity contribution in [3.8, 4) is 28.6 Å². The Morgan fingerprint density at radius 3 is 2.67 bits per heavy atom. The summed E-state index contributed by atoms with van der Waals surface area (Å²) in [6, 6.07) is 10.8. The van der Waals surface area contributed by atoms with Crippen molar-refractivity contribution in [3.63, 3.8) is 0 Å². The van der Waals surface area contributed by atoms with Crippen LogP contribution in [0.15, 0.2) is 45.3 Å². The number of ketones is 1. The lowest BCUT2D eigenvalue weighted by Crippen LogP contribution is -2.40. The monoisotopic (exact) mass is 404 g/mol. The number of rotatable bonds is 4. The lowest BCUT2D eigenvalue weighted by Gasteiger charge is -2.36. The minimum absolute atomic E-state index is 0.0654. The molecule has 1 aliphatic heterocycles. The molecule has 2 N–H and O–H groups in total. The highest BCUT2D eigenvalue weighted by Gasteiger charge is 2.37. The minimum atomic E-state index is -0.424. The number of nitrogen functional groups attached to an aromatic ring is 1. The minimum Gasteiger partial charge on any atom is -0.486 e. The van der Waals surface area contributed by atoms with Crippen molar-refractivity contribution in [2.45, 2.75) is 38.7 Å². The fourth-order valence-electron chi connectivity index (χ4n) is 3.81. The highest BCUT2D eigenvalue weighted by molar-refractivity contribution is 6.01. The van der Waals surface area contributed by atoms with Crippen LogP contribution in [0.5, 0.6) is 5.75 Å². The molecule has 1 aliphatic rings. The van der Waals surface area contributed by atoms with Gasteiger partial charge in [-0.3, -0.25) is 4.79 Å². The maximum atomic E-state index is 12.8. The third kappa shape index (κ3) is 2.92. The van der Waals surface area contributed by atoms with E-state index in [1.165, 1.54) is 0 Å². The fourth-order valence-corrected chi connectivity index (χ4v) is 3.81. The summed E-state index contributed by atoms with van der Waals surface area (Å²) in [5, 5.41) is 4.07. The normalized spacial score (nSPS) is 15.2. The molecule has 0 unspecified atom stereocenters. The van der Waals surface area contributed by atoms with E-state index >= 15 is 0 Å². The summed E-state index contributed by atoms with van der Waals surface area (Å²) in [5.74, 6) is 1.40. The predicted molar refractivity (Wildman–Crippen MR) is 110 cm³/mol. The second-order valence-electron chi connectivity index (χ2n) is 7.46. The number of carbonyl (C=O) groups excluding carboxylic acids is 1. The van der Waals surface area contributed by atoms with Gasteiger partial charge in [0.05, 0.1) is 12.0 Å². The van der Waals surface area contributed by atoms with Crippen molar-refractivity contribution in [2.75, 3.05) is 5.73 Å². The number of anilines is 1. The number of oxazole rings is 1. The van der Waals surface area contributed by atoms with Gasteiger partial charge in [0.1, 0.15) is 16.9 Å². The summed E-state index contributed by atoms with van der Waals surface area (Å²) in [7, 11) is 0. The first kappa shape index (κ1) is 18.4. The van der Waals surface area contributed by atoms with Crippen LogP contribution in [0.4, 0.5) is 6.01 Å². The highest BCUT2D eigenvalue weighted by Crippen LogP contribution is 2.39. The Kier molecular flexibility index (Phi) is 4.09. The molecule has 0 saturated carbocycles. The number of fused-ring (bicyclic) bond motifs is 2. The first-order valence-corrected chi connectivity index (χ1v) is 9.87. The number of benzene rings is 2. The molecule has 0 atom stereocenters. The second-order valence-corrected chi connectivity index (χ2v) is 7.46. The Bertz CT molecular complexity index is 1270. The zero-order valence-electron chi connectivity index (χ0n) is 16.6. The summed E-state index contributed by atoms with van der Waals surface area (Å²) < 4.78 is 16.9. The Morgan fingerprint density at radius 1 is 1.07 bits per heavy atom. The van der Waals surface area contributed by atoms with Gasteiger partial charge < -0.3 is 19.4 Å². The van der Waals surface area contributed by atoms with Crippen LogP contribution in [0.1, 0.15) is 43.5 Å². The molecule has 0 fully saturated rings. The van der Waals surface area contributed by atoms with Crippen molar-refractivity contribution in [2.24, 2.45) is 0 Å². The largest absolute Gasteiger partial charge is 0.486 e. The molecule has 0 spiro atoms. The van der Waals surface area contributed by atoms with Gasteiger partial charge in [0.2, 0.25) is 5.82 Å². The van der Waals surface area contributed by atoms with Crippen molar-refractivity contribution in [1.82, 2.24) is 15.1 Å². The van der Waals surface area contributed by atoms with Crippen LogP contribution in [0.3, 0.4) is 0 Å². The topological polar surface area (TPSA) is 117 Å². The van der Waals surface area contributed by atoms with Gasteiger partial charge >= 0.3 is 0 Å². The maximum Gasteiger partial charge on any atom is 0.292 e. The summed E-state index contributed by atoms with van der Waals surface area (Å²) in [6.07, 6.45) is 1.93. The van der Waals surface area contributed by atoms with E-state index < -0.39 is 5.60 Å². The van der Waals surface area contributed by atoms with E-state index in [-0.39, 0.29) is 11.8 Å². The van der Waals surface area contributed by atoms with Gasteiger partial charge in [-0.05, 0) is 49.2 Å². The number of carbonyl (C=O) groups is 1. The number of aromatic nitrogens is 3. The van der Waals surface area contributed by atoms with Crippen LogP contribution in [0, 0.1) is 0 Å². The van der Waals surface area contributed by atoms with E-state index in [1.807, 2.05) is 19.9 Å². The van der Waals surface area contributed by atoms with Gasteiger partial charge in [0, 0.05) is 11.1 Å². The highest BCUT2D eigenvalue weighted by atomic mass is 16.5. The van der Waals surface area contributed by atoms with Crippen LogP contribution in [-0.2, 0) is 0 Å². The van der Waals surface area contributed by atoms with Crippen molar-refractivity contribution >= 4 is 22.9 Å². The molecule has 0 radical (unpaired) electrons. The SMILES string of the molecule is CCC1(CC)CC(=O)c2cc(-c3nc(-c4ccc5oc(N)nc5c4)no3)ccc2O1. The average molecular weight is 404 g/mol. The number of hydrogen-bond donors (Lipinski definition) is 1. The molecule has 2 aromatic heterocycles. The van der Waals surface area contributed by atoms with E-state index in [0.29, 0.717) is 46.1 Å². The van der Waals surface area contributed by atoms with Gasteiger partial charge in [-0.1, -0.05) is 19.0 Å². The molecule has 2 aromatic carbocycles. The molecule has 0 aliphatic carbocycles. The third-order valence-electron chi connectivity index (χ3n) is 5.71. The van der Waals surface area contributed by atoms with Gasteiger partial charge in [-0.2, -0.15) is 9.97 Å². The lowest BCUT2D eigenvalue weighted by molar-refractivity contribution is 0.0350. The number of hydrogen-bond acceptors (Lipinski definition) is 8. The summed E-state index contributed by atoms with van der Waals surface area (Å²) in [4.78, 5) is 21.4. The molecular formula is C22H20N4O4. The van der Waals surface area contributed by atoms with E-state index in [9.17, 15) is 4.79 Å².